The SMILES string of the molecule is C#CC(=O)Oc1ccccc1C1(c2cc3c(cc2C)C(C)(C)CCC3(C)C)CC1. The van der Waals surface area contributed by atoms with Crippen LogP contribution in [-0.4, -0.2) is 5.97 Å². The van der Waals surface area contributed by atoms with Gasteiger partial charge in [0.25, 0.3) is 0 Å². The minimum atomic E-state index is -0.640. The smallest absolute Gasteiger partial charge is 0.389 e. The molecule has 2 aromatic carbocycles. The van der Waals surface area contributed by atoms with Crippen LogP contribution in [-0.2, 0) is 21.0 Å². The molecule has 0 unspecified atom stereocenters. The van der Waals surface area contributed by atoms with Gasteiger partial charge in [-0.1, -0.05) is 58.0 Å². The van der Waals surface area contributed by atoms with Crippen LogP contribution in [0, 0.1) is 19.3 Å². The molecule has 0 N–H and O–H groups in total. The third kappa shape index (κ3) is 3.18. The molecule has 4 rings (SSSR count). The Bertz CT molecular complexity index is 1030. The van der Waals surface area contributed by atoms with Crippen molar-refractivity contribution in [3.8, 4) is 18.1 Å². The Labute approximate surface area is 174 Å². The van der Waals surface area contributed by atoms with Gasteiger partial charge in [0.1, 0.15) is 5.75 Å². The molecule has 150 valence electrons. The lowest BCUT2D eigenvalue weighted by atomic mass is 9.62. The van der Waals surface area contributed by atoms with Crippen LogP contribution in [0.15, 0.2) is 36.4 Å². The average Bonchev–Trinajstić information content (AvgIpc) is 3.47. The fourth-order valence-electron chi connectivity index (χ4n) is 5.13. The molecule has 0 aliphatic heterocycles. The lowest BCUT2D eigenvalue weighted by Crippen LogP contribution is -2.34. The lowest BCUT2D eigenvalue weighted by Gasteiger charge is -2.43. The number of carbonyl (C=O) groups is 1. The molecule has 29 heavy (non-hydrogen) atoms. The van der Waals surface area contributed by atoms with E-state index in [0.29, 0.717) is 5.75 Å². The fourth-order valence-corrected chi connectivity index (χ4v) is 5.13. The largest absolute Gasteiger partial charge is 0.417 e. The van der Waals surface area contributed by atoms with Crippen molar-refractivity contribution in [2.45, 2.75) is 76.5 Å². The maximum atomic E-state index is 11.8. The number of rotatable bonds is 3. The molecule has 0 radical (unpaired) electrons. The summed E-state index contributed by atoms with van der Waals surface area (Å²) in [5.41, 5.74) is 6.99. The zero-order valence-corrected chi connectivity index (χ0v) is 18.2. The molecular weight excluding hydrogens is 356 g/mol. The zero-order chi connectivity index (χ0) is 21.0. The van der Waals surface area contributed by atoms with Crippen LogP contribution in [0.25, 0.3) is 0 Å². The summed E-state index contributed by atoms with van der Waals surface area (Å²) < 4.78 is 5.49. The second kappa shape index (κ2) is 6.49. The number of esters is 1. The fraction of sp³-hybridized carbons (Fsp3) is 0.444. The predicted octanol–water partition coefficient (Wildman–Crippen LogP) is 5.96. The zero-order valence-electron chi connectivity index (χ0n) is 18.2. The molecule has 1 saturated carbocycles. The standard InChI is InChI=1S/C27H30O2/c1-7-24(28)29-23-11-9-8-10-19(23)27(14-15-27)20-17-22-21(16-18(20)2)25(3,4)12-13-26(22,5)6/h1,8-11,16-17H,12-15H2,2-6H3. The van der Waals surface area contributed by atoms with Gasteiger partial charge in [0.15, 0.2) is 0 Å². The number of hydrogen-bond acceptors (Lipinski definition) is 2. The van der Waals surface area contributed by atoms with E-state index in [9.17, 15) is 4.79 Å². The van der Waals surface area contributed by atoms with Crippen LogP contribution in [0.5, 0.6) is 5.75 Å². The van der Waals surface area contributed by atoms with E-state index in [2.05, 4.69) is 58.7 Å². The molecule has 2 heteroatoms. The second-order valence-corrected chi connectivity index (χ2v) is 10.1. The van der Waals surface area contributed by atoms with E-state index >= 15 is 0 Å². The van der Waals surface area contributed by atoms with Gasteiger partial charge in [0.05, 0.1) is 0 Å². The Morgan fingerprint density at radius 1 is 0.897 bits per heavy atom. The van der Waals surface area contributed by atoms with Crippen LogP contribution in [0.1, 0.15) is 81.2 Å². The van der Waals surface area contributed by atoms with Crippen LogP contribution >= 0.6 is 0 Å². The van der Waals surface area contributed by atoms with Gasteiger partial charge in [-0.3, -0.25) is 0 Å². The third-order valence-electron chi connectivity index (χ3n) is 7.19. The summed E-state index contributed by atoms with van der Waals surface area (Å²) in [5.74, 6) is 2.01. The molecule has 0 saturated heterocycles. The summed E-state index contributed by atoms with van der Waals surface area (Å²) in [6.45, 7) is 11.7. The quantitative estimate of drug-likeness (QED) is 0.281. The minimum absolute atomic E-state index is 0.0950. The van der Waals surface area contributed by atoms with Crippen LogP contribution < -0.4 is 4.74 Å². The maximum absolute atomic E-state index is 11.8. The van der Waals surface area contributed by atoms with E-state index in [1.54, 1.807) is 0 Å². The first kappa shape index (κ1) is 19.8. The number of terminal acetylenes is 1. The Balaban J connectivity index is 1.87. The van der Waals surface area contributed by atoms with Gasteiger partial charge in [-0.25, -0.2) is 4.79 Å². The van der Waals surface area contributed by atoms with Crippen molar-refractivity contribution >= 4 is 5.97 Å². The molecule has 1 fully saturated rings. The molecule has 0 amide bonds. The highest BCUT2D eigenvalue weighted by atomic mass is 16.5. The van der Waals surface area contributed by atoms with Gasteiger partial charge in [-0.2, -0.15) is 0 Å². The van der Waals surface area contributed by atoms with E-state index < -0.39 is 5.97 Å². The van der Waals surface area contributed by atoms with Crippen molar-refractivity contribution in [2.24, 2.45) is 0 Å². The first-order valence-electron chi connectivity index (χ1n) is 10.5. The molecule has 0 bridgehead atoms. The van der Waals surface area contributed by atoms with Crippen molar-refractivity contribution in [1.82, 2.24) is 0 Å². The van der Waals surface area contributed by atoms with E-state index in [4.69, 9.17) is 11.2 Å². The summed E-state index contributed by atoms with van der Waals surface area (Å²) in [6, 6.07) is 12.7. The van der Waals surface area contributed by atoms with Crippen molar-refractivity contribution in [2.75, 3.05) is 0 Å². The van der Waals surface area contributed by atoms with Gasteiger partial charge < -0.3 is 4.74 Å². The molecule has 0 aromatic heterocycles. The number of hydrogen-bond donors (Lipinski definition) is 0. The lowest BCUT2D eigenvalue weighted by molar-refractivity contribution is -0.128. The number of fused-ring (bicyclic) bond motifs is 1. The minimum Gasteiger partial charge on any atom is -0.417 e. The Hall–Kier alpha value is -2.53. The highest BCUT2D eigenvalue weighted by Gasteiger charge is 2.50. The highest BCUT2D eigenvalue weighted by Crippen LogP contribution is 2.58. The van der Waals surface area contributed by atoms with E-state index in [-0.39, 0.29) is 16.2 Å². The first-order valence-corrected chi connectivity index (χ1v) is 10.5. The topological polar surface area (TPSA) is 26.3 Å². The monoisotopic (exact) mass is 386 g/mol. The van der Waals surface area contributed by atoms with Gasteiger partial charge in [0.2, 0.25) is 0 Å². The molecule has 2 aliphatic carbocycles. The van der Waals surface area contributed by atoms with Crippen molar-refractivity contribution in [3.05, 3.63) is 64.2 Å². The second-order valence-electron chi connectivity index (χ2n) is 10.1. The van der Waals surface area contributed by atoms with Crippen LogP contribution in [0.2, 0.25) is 0 Å². The number of ether oxygens (including phenoxy) is 1. The highest BCUT2D eigenvalue weighted by molar-refractivity contribution is 5.89. The van der Waals surface area contributed by atoms with E-state index in [1.165, 1.54) is 35.1 Å². The van der Waals surface area contributed by atoms with Crippen LogP contribution in [0.3, 0.4) is 0 Å². The first-order chi connectivity index (χ1) is 13.6. The summed E-state index contributed by atoms with van der Waals surface area (Å²) >= 11 is 0. The number of aryl methyl sites for hydroxylation is 1. The normalized spacial score (nSPS) is 20.3. The van der Waals surface area contributed by atoms with Gasteiger partial charge in [-0.05, 0) is 71.8 Å². The molecule has 0 spiro atoms. The molecule has 2 aliphatic rings. The Morgan fingerprint density at radius 3 is 2.07 bits per heavy atom. The van der Waals surface area contributed by atoms with Crippen molar-refractivity contribution in [3.63, 3.8) is 0 Å². The number of para-hydroxylation sites is 1. The van der Waals surface area contributed by atoms with Gasteiger partial charge in [-0.15, -0.1) is 6.42 Å². The number of benzene rings is 2. The Kier molecular flexibility index (Phi) is 4.43. The van der Waals surface area contributed by atoms with E-state index in [1.807, 2.05) is 18.2 Å². The molecule has 2 nitrogen and oxygen atoms in total. The van der Waals surface area contributed by atoms with Crippen LogP contribution in [0.4, 0.5) is 0 Å². The third-order valence-corrected chi connectivity index (χ3v) is 7.19. The summed E-state index contributed by atoms with van der Waals surface area (Å²) in [7, 11) is 0. The van der Waals surface area contributed by atoms with Crippen molar-refractivity contribution in [1.29, 1.82) is 0 Å². The molecule has 0 atom stereocenters. The summed E-state index contributed by atoms with van der Waals surface area (Å²) in [4.78, 5) is 11.8. The average molecular weight is 387 g/mol. The molecular formula is C27H30O2. The van der Waals surface area contributed by atoms with Crippen molar-refractivity contribution < 1.29 is 9.53 Å². The van der Waals surface area contributed by atoms with Gasteiger partial charge >= 0.3 is 5.97 Å². The summed E-state index contributed by atoms with van der Waals surface area (Å²) in [6.07, 6.45) is 9.75. The van der Waals surface area contributed by atoms with E-state index in [0.717, 1.165) is 18.4 Å². The summed E-state index contributed by atoms with van der Waals surface area (Å²) in [5, 5.41) is 0. The number of carbonyl (C=O) groups excluding carboxylic acids is 1. The molecule has 0 heterocycles. The molecule has 2 aromatic rings. The predicted molar refractivity (Wildman–Crippen MR) is 117 cm³/mol. The van der Waals surface area contributed by atoms with Gasteiger partial charge in [0, 0.05) is 16.9 Å². The maximum Gasteiger partial charge on any atom is 0.389 e. The Morgan fingerprint density at radius 2 is 1.48 bits per heavy atom.